The predicted octanol–water partition coefficient (Wildman–Crippen LogP) is 0.596. The topological polar surface area (TPSA) is 92.7 Å². The van der Waals surface area contributed by atoms with E-state index >= 15 is 0 Å². The average molecular weight is 317 g/mol. The molecule has 7 nitrogen and oxygen atoms in total. The summed E-state index contributed by atoms with van der Waals surface area (Å²) in [6.07, 6.45) is 1.65. The van der Waals surface area contributed by atoms with Gasteiger partial charge in [-0.2, -0.15) is 0 Å². The summed E-state index contributed by atoms with van der Waals surface area (Å²) in [5, 5.41) is 1.79. The van der Waals surface area contributed by atoms with Gasteiger partial charge in [-0.05, 0) is 20.9 Å². The second-order valence-electron chi connectivity index (χ2n) is 4.83. The fraction of sp³-hybridized carbons (Fsp3) is 0.545. The largest absolute Gasteiger partial charge is 0.381 e. The van der Waals surface area contributed by atoms with Crippen molar-refractivity contribution in [3.63, 3.8) is 0 Å². The van der Waals surface area contributed by atoms with Crippen LogP contribution in [0.3, 0.4) is 0 Å². The number of hydrogen-bond donors (Lipinski definition) is 2. The number of nitrogen functional groups attached to an aromatic ring is 1. The van der Waals surface area contributed by atoms with E-state index in [0.29, 0.717) is 24.1 Å². The van der Waals surface area contributed by atoms with Crippen LogP contribution in [0.25, 0.3) is 4.96 Å². The standard InChI is InChI=1S/C11H19N5O2S2/c1-8(2)15(3)5-4-13-20(17,18)10-9(12)14-11-16(10)6-7-19-11/h6-8,13H,4-5,12H2,1-3H3. The summed E-state index contributed by atoms with van der Waals surface area (Å²) >= 11 is 1.34. The Hall–Kier alpha value is -1.16. The zero-order valence-corrected chi connectivity index (χ0v) is 13.3. The van der Waals surface area contributed by atoms with Gasteiger partial charge in [0.05, 0.1) is 0 Å². The zero-order valence-electron chi connectivity index (χ0n) is 11.7. The molecule has 2 aromatic heterocycles. The molecule has 0 aliphatic carbocycles. The summed E-state index contributed by atoms with van der Waals surface area (Å²) in [5.74, 6) is 0.0292. The SMILES string of the molecule is CC(C)N(C)CCNS(=O)(=O)c1c(N)nc2sccn12. The number of sulfonamides is 1. The van der Waals surface area contributed by atoms with Gasteiger partial charge in [0.1, 0.15) is 0 Å². The van der Waals surface area contributed by atoms with Crippen LogP contribution in [0.5, 0.6) is 0 Å². The molecule has 3 N–H and O–H groups in total. The monoisotopic (exact) mass is 317 g/mol. The van der Waals surface area contributed by atoms with Crippen molar-refractivity contribution in [2.24, 2.45) is 0 Å². The molecule has 2 aromatic rings. The molecule has 0 saturated heterocycles. The van der Waals surface area contributed by atoms with Crippen molar-refractivity contribution in [2.45, 2.75) is 24.9 Å². The van der Waals surface area contributed by atoms with Crippen molar-refractivity contribution in [1.82, 2.24) is 19.0 Å². The van der Waals surface area contributed by atoms with E-state index in [2.05, 4.69) is 28.5 Å². The van der Waals surface area contributed by atoms with Crippen molar-refractivity contribution < 1.29 is 8.42 Å². The van der Waals surface area contributed by atoms with Gasteiger partial charge in [-0.15, -0.1) is 11.3 Å². The number of imidazole rings is 1. The Balaban J connectivity index is 2.14. The molecule has 0 spiro atoms. The van der Waals surface area contributed by atoms with E-state index in [1.807, 2.05) is 7.05 Å². The molecule has 2 heterocycles. The molecule has 0 aliphatic rings. The summed E-state index contributed by atoms with van der Waals surface area (Å²) in [6, 6.07) is 0.364. The van der Waals surface area contributed by atoms with E-state index in [4.69, 9.17) is 5.73 Å². The Morgan fingerprint density at radius 2 is 2.25 bits per heavy atom. The molecule has 2 rings (SSSR count). The highest BCUT2D eigenvalue weighted by atomic mass is 32.2. The normalized spacial score (nSPS) is 12.8. The van der Waals surface area contributed by atoms with Crippen molar-refractivity contribution in [1.29, 1.82) is 0 Å². The zero-order chi connectivity index (χ0) is 14.9. The smallest absolute Gasteiger partial charge is 0.260 e. The van der Waals surface area contributed by atoms with Gasteiger partial charge in [0.25, 0.3) is 10.0 Å². The third-order valence-corrected chi connectivity index (χ3v) is 5.39. The average Bonchev–Trinajstić information content (AvgIpc) is 2.87. The van der Waals surface area contributed by atoms with E-state index < -0.39 is 10.0 Å². The number of nitrogens with two attached hydrogens (primary N) is 1. The molecular formula is C11H19N5O2S2. The van der Waals surface area contributed by atoms with E-state index in [0.717, 1.165) is 0 Å². The molecule has 0 unspecified atom stereocenters. The Morgan fingerprint density at radius 1 is 1.55 bits per heavy atom. The fourth-order valence-corrected chi connectivity index (χ4v) is 3.73. The van der Waals surface area contributed by atoms with Crippen molar-refractivity contribution in [3.05, 3.63) is 11.6 Å². The third kappa shape index (κ3) is 2.95. The van der Waals surface area contributed by atoms with Crippen LogP contribution in [0.1, 0.15) is 13.8 Å². The summed E-state index contributed by atoms with van der Waals surface area (Å²) in [4.78, 5) is 6.67. The number of rotatable bonds is 6. The minimum atomic E-state index is -3.66. The molecule has 0 bridgehead atoms. The molecule has 0 fully saturated rings. The van der Waals surface area contributed by atoms with E-state index in [-0.39, 0.29) is 10.8 Å². The quantitative estimate of drug-likeness (QED) is 0.814. The molecule has 0 saturated carbocycles. The first-order chi connectivity index (χ1) is 9.33. The maximum atomic E-state index is 12.3. The van der Waals surface area contributed by atoms with Crippen molar-refractivity contribution in [2.75, 3.05) is 25.9 Å². The minimum absolute atomic E-state index is 0.0148. The number of aromatic nitrogens is 2. The lowest BCUT2D eigenvalue weighted by molar-refractivity contribution is 0.278. The highest BCUT2D eigenvalue weighted by Crippen LogP contribution is 2.22. The first-order valence-corrected chi connectivity index (χ1v) is 8.60. The van der Waals surface area contributed by atoms with E-state index in [9.17, 15) is 8.42 Å². The van der Waals surface area contributed by atoms with E-state index in [1.54, 1.807) is 11.6 Å². The van der Waals surface area contributed by atoms with Crippen LogP contribution >= 0.6 is 11.3 Å². The first kappa shape index (κ1) is 15.2. The Labute approximate surface area is 122 Å². The maximum absolute atomic E-state index is 12.3. The van der Waals surface area contributed by atoms with Crippen LogP contribution < -0.4 is 10.5 Å². The van der Waals surface area contributed by atoms with Gasteiger partial charge < -0.3 is 10.6 Å². The van der Waals surface area contributed by atoms with Crippen LogP contribution in [0.4, 0.5) is 5.82 Å². The fourth-order valence-electron chi connectivity index (χ4n) is 1.73. The number of hydrogen-bond acceptors (Lipinski definition) is 6. The summed E-state index contributed by atoms with van der Waals surface area (Å²) in [5.41, 5.74) is 5.71. The predicted molar refractivity (Wildman–Crippen MR) is 80.4 cm³/mol. The van der Waals surface area contributed by atoms with Crippen LogP contribution in [-0.4, -0.2) is 48.9 Å². The van der Waals surface area contributed by atoms with E-state index in [1.165, 1.54) is 15.7 Å². The molecule has 112 valence electrons. The molecule has 0 amide bonds. The lowest BCUT2D eigenvalue weighted by Gasteiger charge is -2.20. The second-order valence-corrected chi connectivity index (χ2v) is 7.39. The van der Waals surface area contributed by atoms with Gasteiger partial charge in [0.2, 0.25) is 0 Å². The molecule has 20 heavy (non-hydrogen) atoms. The second kappa shape index (κ2) is 5.68. The van der Waals surface area contributed by atoms with Gasteiger partial charge in [-0.1, -0.05) is 0 Å². The number of nitrogens with zero attached hydrogens (tertiary/aromatic N) is 3. The lowest BCUT2D eigenvalue weighted by atomic mass is 10.3. The minimum Gasteiger partial charge on any atom is -0.381 e. The number of thiazole rings is 1. The summed E-state index contributed by atoms with van der Waals surface area (Å²) < 4.78 is 28.7. The summed E-state index contributed by atoms with van der Waals surface area (Å²) in [6.45, 7) is 5.06. The third-order valence-electron chi connectivity index (χ3n) is 3.14. The number of likely N-dealkylation sites (N-methyl/N-ethyl adjacent to an activating group) is 1. The highest BCUT2D eigenvalue weighted by Gasteiger charge is 2.24. The highest BCUT2D eigenvalue weighted by molar-refractivity contribution is 7.89. The first-order valence-electron chi connectivity index (χ1n) is 6.24. The molecule has 9 heteroatoms. The molecule has 0 aromatic carbocycles. The number of nitrogens with one attached hydrogen (secondary N) is 1. The lowest BCUT2D eigenvalue weighted by Crippen LogP contribution is -2.36. The summed E-state index contributed by atoms with van der Waals surface area (Å²) in [7, 11) is -1.71. The van der Waals surface area contributed by atoms with Crippen molar-refractivity contribution in [3.8, 4) is 0 Å². The van der Waals surface area contributed by atoms with Crippen LogP contribution in [0.15, 0.2) is 16.6 Å². The molecule has 0 atom stereocenters. The number of fused-ring (bicyclic) bond motifs is 1. The van der Waals surface area contributed by atoms with Gasteiger partial charge in [-0.25, -0.2) is 18.1 Å². The number of anilines is 1. The Kier molecular flexibility index (Phi) is 4.33. The Bertz CT molecular complexity index is 689. The van der Waals surface area contributed by atoms with Gasteiger partial charge in [-0.3, -0.25) is 4.40 Å². The molecular weight excluding hydrogens is 298 g/mol. The van der Waals surface area contributed by atoms with Crippen molar-refractivity contribution >= 4 is 32.1 Å². The molecule has 0 aliphatic heterocycles. The Morgan fingerprint density at radius 3 is 2.90 bits per heavy atom. The van der Waals surface area contributed by atoms with Crippen LogP contribution in [0.2, 0.25) is 0 Å². The van der Waals surface area contributed by atoms with Gasteiger partial charge >= 0.3 is 0 Å². The maximum Gasteiger partial charge on any atom is 0.260 e. The molecule has 0 radical (unpaired) electrons. The van der Waals surface area contributed by atoms with Gasteiger partial charge in [0, 0.05) is 30.7 Å². The van der Waals surface area contributed by atoms with Crippen LogP contribution in [0, 0.1) is 0 Å². The van der Waals surface area contributed by atoms with Gasteiger partial charge in [0.15, 0.2) is 15.8 Å². The van der Waals surface area contributed by atoms with Crippen LogP contribution in [-0.2, 0) is 10.0 Å².